The van der Waals surface area contributed by atoms with Crippen LogP contribution in [0.15, 0.2) is 84.9 Å². The van der Waals surface area contributed by atoms with Crippen LogP contribution >= 0.6 is 11.6 Å². The third-order valence-electron chi connectivity index (χ3n) is 5.63. The van der Waals surface area contributed by atoms with E-state index < -0.39 is 5.91 Å². The molecule has 31 heavy (non-hydrogen) atoms. The van der Waals surface area contributed by atoms with Gasteiger partial charge in [-0.05, 0) is 47.0 Å². The fraction of sp³-hybridized carbons (Fsp3) is 0.0385. The number of aromatic hydroxyl groups is 1. The Labute approximate surface area is 184 Å². The Morgan fingerprint density at radius 2 is 1.58 bits per heavy atom. The van der Waals surface area contributed by atoms with Gasteiger partial charge in [-0.2, -0.15) is 0 Å². The van der Waals surface area contributed by atoms with Crippen LogP contribution < -0.4 is 5.73 Å². The van der Waals surface area contributed by atoms with Crippen LogP contribution in [0, 0.1) is 0 Å². The normalized spacial score (nSPS) is 11.3. The standard InChI is InChI=1S/C26H19ClN2O2/c27-20-11-5-4-9-17(20)15-29-21-12-6-10-19(26(28)31)24(21)25-22(29)13-18(14-23(25)30)16-7-2-1-3-8-16/h1-14,30H,15H2,(H2,28,31). The van der Waals surface area contributed by atoms with Crippen molar-refractivity contribution in [1.29, 1.82) is 0 Å². The highest BCUT2D eigenvalue weighted by Gasteiger charge is 2.20. The first-order valence-corrected chi connectivity index (χ1v) is 10.3. The highest BCUT2D eigenvalue weighted by atomic mass is 35.5. The van der Waals surface area contributed by atoms with Crippen LogP contribution in [0.4, 0.5) is 0 Å². The highest BCUT2D eigenvalue weighted by molar-refractivity contribution is 6.31. The Bertz CT molecular complexity index is 1460. The Balaban J connectivity index is 1.88. The molecule has 0 unspecified atom stereocenters. The molecular formula is C26H19ClN2O2. The lowest BCUT2D eigenvalue weighted by Crippen LogP contribution is -2.11. The first-order chi connectivity index (χ1) is 15.0. The van der Waals surface area contributed by atoms with Gasteiger partial charge in [0.1, 0.15) is 5.75 Å². The van der Waals surface area contributed by atoms with Crippen molar-refractivity contribution >= 4 is 39.3 Å². The maximum Gasteiger partial charge on any atom is 0.249 e. The van der Waals surface area contributed by atoms with Gasteiger partial charge < -0.3 is 15.4 Å². The third kappa shape index (κ3) is 3.22. The number of halogens is 1. The van der Waals surface area contributed by atoms with Crippen molar-refractivity contribution in [3.05, 3.63) is 101 Å². The topological polar surface area (TPSA) is 68.2 Å². The Kier molecular flexibility index (Phi) is 4.64. The number of nitrogens with zero attached hydrogens (tertiary/aromatic N) is 1. The van der Waals surface area contributed by atoms with Crippen molar-refractivity contribution in [3.8, 4) is 16.9 Å². The summed E-state index contributed by atoms with van der Waals surface area (Å²) < 4.78 is 2.07. The van der Waals surface area contributed by atoms with Crippen molar-refractivity contribution < 1.29 is 9.90 Å². The second-order valence-electron chi connectivity index (χ2n) is 7.50. The molecule has 5 aromatic rings. The van der Waals surface area contributed by atoms with Gasteiger partial charge in [0, 0.05) is 22.5 Å². The number of fused-ring (bicyclic) bond motifs is 3. The van der Waals surface area contributed by atoms with Crippen molar-refractivity contribution in [2.45, 2.75) is 6.54 Å². The van der Waals surface area contributed by atoms with Crippen molar-refractivity contribution in [3.63, 3.8) is 0 Å². The van der Waals surface area contributed by atoms with E-state index in [1.165, 1.54) is 0 Å². The molecule has 1 amide bonds. The van der Waals surface area contributed by atoms with E-state index in [4.69, 9.17) is 17.3 Å². The van der Waals surface area contributed by atoms with Crippen LogP contribution in [-0.4, -0.2) is 15.6 Å². The largest absolute Gasteiger partial charge is 0.507 e. The van der Waals surface area contributed by atoms with Gasteiger partial charge in [0.25, 0.3) is 0 Å². The zero-order valence-electron chi connectivity index (χ0n) is 16.5. The third-order valence-corrected chi connectivity index (χ3v) is 6.00. The van der Waals surface area contributed by atoms with Gasteiger partial charge in [0.15, 0.2) is 0 Å². The van der Waals surface area contributed by atoms with E-state index in [-0.39, 0.29) is 5.75 Å². The van der Waals surface area contributed by atoms with E-state index in [0.717, 1.165) is 27.7 Å². The Hall–Kier alpha value is -3.76. The predicted octanol–water partition coefficient (Wildman–Crippen LogP) is 5.97. The molecule has 4 aromatic carbocycles. The molecule has 152 valence electrons. The summed E-state index contributed by atoms with van der Waals surface area (Å²) in [7, 11) is 0. The van der Waals surface area contributed by atoms with Gasteiger partial charge in [0.05, 0.1) is 16.4 Å². The molecule has 1 heterocycles. The van der Waals surface area contributed by atoms with Crippen LogP contribution in [0.1, 0.15) is 15.9 Å². The van der Waals surface area contributed by atoms with Gasteiger partial charge in [-0.1, -0.05) is 66.2 Å². The second kappa shape index (κ2) is 7.49. The van der Waals surface area contributed by atoms with Gasteiger partial charge >= 0.3 is 0 Å². The fourth-order valence-corrected chi connectivity index (χ4v) is 4.40. The minimum Gasteiger partial charge on any atom is -0.507 e. The van der Waals surface area contributed by atoms with E-state index in [1.807, 2.05) is 66.7 Å². The number of phenols is 1. The number of hydrogen-bond acceptors (Lipinski definition) is 2. The van der Waals surface area contributed by atoms with Crippen LogP contribution in [0.2, 0.25) is 5.02 Å². The average molecular weight is 427 g/mol. The number of hydrogen-bond donors (Lipinski definition) is 2. The van der Waals surface area contributed by atoms with Crippen molar-refractivity contribution in [2.24, 2.45) is 5.73 Å². The van der Waals surface area contributed by atoms with Gasteiger partial charge in [-0.15, -0.1) is 0 Å². The van der Waals surface area contributed by atoms with Crippen molar-refractivity contribution in [1.82, 2.24) is 4.57 Å². The first-order valence-electron chi connectivity index (χ1n) is 9.91. The van der Waals surface area contributed by atoms with E-state index in [9.17, 15) is 9.90 Å². The zero-order chi connectivity index (χ0) is 21.5. The quantitative estimate of drug-likeness (QED) is 0.372. The minimum atomic E-state index is -0.533. The number of nitrogens with two attached hydrogens (primary N) is 1. The molecular weight excluding hydrogens is 408 g/mol. The molecule has 0 radical (unpaired) electrons. The van der Waals surface area contributed by atoms with E-state index in [0.29, 0.717) is 27.9 Å². The first kappa shape index (κ1) is 19.2. The summed E-state index contributed by atoms with van der Waals surface area (Å²) in [5.74, 6) is -0.429. The number of aromatic nitrogens is 1. The molecule has 0 atom stereocenters. The van der Waals surface area contributed by atoms with Crippen molar-refractivity contribution in [2.75, 3.05) is 0 Å². The van der Waals surface area contributed by atoms with Gasteiger partial charge in [-0.3, -0.25) is 4.79 Å². The lowest BCUT2D eigenvalue weighted by atomic mass is 10.0. The number of carbonyl (C=O) groups excluding carboxylic acids is 1. The molecule has 0 aliphatic rings. The lowest BCUT2D eigenvalue weighted by molar-refractivity contribution is 0.100. The Morgan fingerprint density at radius 3 is 2.32 bits per heavy atom. The average Bonchev–Trinajstić information content (AvgIpc) is 3.10. The van der Waals surface area contributed by atoms with Crippen LogP contribution in [0.5, 0.6) is 5.75 Å². The molecule has 0 fully saturated rings. The predicted molar refractivity (Wildman–Crippen MR) is 126 cm³/mol. The summed E-state index contributed by atoms with van der Waals surface area (Å²) in [5, 5.41) is 13.0. The SMILES string of the molecule is NC(=O)c1cccc2c1c1c(O)cc(-c3ccccc3)cc1n2Cc1ccccc1Cl. The minimum absolute atomic E-state index is 0.105. The fourth-order valence-electron chi connectivity index (χ4n) is 4.21. The molecule has 0 spiro atoms. The summed E-state index contributed by atoms with van der Waals surface area (Å²) in [4.78, 5) is 12.2. The molecule has 4 nitrogen and oxygen atoms in total. The molecule has 5 rings (SSSR count). The number of rotatable bonds is 4. The summed E-state index contributed by atoms with van der Waals surface area (Å²) in [6, 6.07) is 26.7. The molecule has 5 heteroatoms. The number of carbonyl (C=O) groups is 1. The molecule has 0 aliphatic heterocycles. The van der Waals surface area contributed by atoms with Crippen LogP contribution in [0.3, 0.4) is 0 Å². The van der Waals surface area contributed by atoms with E-state index >= 15 is 0 Å². The maximum atomic E-state index is 12.2. The lowest BCUT2D eigenvalue weighted by Gasteiger charge is -2.11. The molecule has 0 aliphatic carbocycles. The Morgan fingerprint density at radius 1 is 0.839 bits per heavy atom. The second-order valence-corrected chi connectivity index (χ2v) is 7.90. The molecule has 0 bridgehead atoms. The monoisotopic (exact) mass is 426 g/mol. The number of primary amides is 1. The number of benzene rings is 4. The van der Waals surface area contributed by atoms with Gasteiger partial charge in [-0.25, -0.2) is 0 Å². The summed E-state index contributed by atoms with van der Waals surface area (Å²) in [6.45, 7) is 0.486. The van der Waals surface area contributed by atoms with Crippen LogP contribution in [0.25, 0.3) is 32.9 Å². The molecule has 0 saturated carbocycles. The smallest absolute Gasteiger partial charge is 0.249 e. The van der Waals surface area contributed by atoms with Crippen LogP contribution in [-0.2, 0) is 6.54 Å². The summed E-state index contributed by atoms with van der Waals surface area (Å²) >= 11 is 6.45. The van der Waals surface area contributed by atoms with Gasteiger partial charge in [0.2, 0.25) is 5.91 Å². The molecule has 0 saturated heterocycles. The van der Waals surface area contributed by atoms with E-state index in [1.54, 1.807) is 18.2 Å². The summed E-state index contributed by atoms with van der Waals surface area (Å²) in [6.07, 6.45) is 0. The maximum absolute atomic E-state index is 12.2. The molecule has 3 N–H and O–H groups in total. The summed E-state index contributed by atoms with van der Waals surface area (Å²) in [5.41, 5.74) is 10.5. The number of phenolic OH excluding ortho intramolecular Hbond substituents is 1. The molecule has 1 aromatic heterocycles. The highest BCUT2D eigenvalue weighted by Crippen LogP contribution is 2.40. The van der Waals surface area contributed by atoms with E-state index in [2.05, 4.69) is 4.57 Å². The number of amides is 1. The zero-order valence-corrected chi connectivity index (χ0v) is 17.3.